The molecule has 2 aliphatic rings. The molecule has 2 N–H and O–H groups in total. The summed E-state index contributed by atoms with van der Waals surface area (Å²) in [4.78, 5) is 12.3. The molecular formula is C16H14N2O3. The molecule has 5 nitrogen and oxygen atoms in total. The summed E-state index contributed by atoms with van der Waals surface area (Å²) >= 11 is 0. The lowest BCUT2D eigenvalue weighted by atomic mass is 9.74. The van der Waals surface area contributed by atoms with Crippen molar-refractivity contribution in [2.75, 3.05) is 0 Å². The van der Waals surface area contributed by atoms with E-state index >= 15 is 0 Å². The van der Waals surface area contributed by atoms with E-state index in [1.165, 1.54) is 6.07 Å². The van der Waals surface area contributed by atoms with Gasteiger partial charge in [-0.25, -0.2) is 0 Å². The molecule has 1 aliphatic carbocycles. The number of Topliss-reactive ketones (excluding diaryl/α,β-unsaturated/α-hetero) is 1. The molecule has 3 rings (SSSR count). The van der Waals surface area contributed by atoms with Gasteiger partial charge in [-0.1, -0.05) is 12.1 Å². The Balaban J connectivity index is 2.18. The largest absolute Gasteiger partial charge is 0.508 e. The zero-order valence-electron chi connectivity index (χ0n) is 11.3. The topological polar surface area (TPSA) is 94.2 Å². The highest BCUT2D eigenvalue weighted by atomic mass is 16.5. The quantitative estimate of drug-likeness (QED) is 0.827. The van der Waals surface area contributed by atoms with E-state index in [-0.39, 0.29) is 17.4 Å². The zero-order valence-corrected chi connectivity index (χ0v) is 11.3. The maximum absolute atomic E-state index is 12.3. The van der Waals surface area contributed by atoms with E-state index in [4.69, 9.17) is 10.1 Å². The summed E-state index contributed by atoms with van der Waals surface area (Å²) in [5.74, 6) is -0.945. The number of allylic oxidation sites excluding steroid dienone is 2. The Hall–Kier alpha value is -2.61. The van der Waals surface area contributed by atoms with Gasteiger partial charge in [-0.3, -0.25) is 10.2 Å². The molecule has 0 spiro atoms. The standard InChI is InChI=1S/C16H14N2O3/c17-8-11-14(9-3-1-4-10(19)7-9)15-12(20)5-2-6-13(15)21-16(11)18/h1,3-4,7,11,14,18-19H,2,5-6H2. The normalized spacial score (nSPS) is 25.1. The van der Waals surface area contributed by atoms with Crippen molar-refractivity contribution >= 4 is 11.7 Å². The van der Waals surface area contributed by atoms with Crippen LogP contribution in [0, 0.1) is 22.7 Å². The van der Waals surface area contributed by atoms with Gasteiger partial charge in [-0.15, -0.1) is 0 Å². The van der Waals surface area contributed by atoms with Crippen LogP contribution in [0.5, 0.6) is 5.75 Å². The van der Waals surface area contributed by atoms with Gasteiger partial charge >= 0.3 is 0 Å². The Morgan fingerprint density at radius 2 is 2.19 bits per heavy atom. The maximum Gasteiger partial charge on any atom is 0.205 e. The number of carbonyl (C=O) groups is 1. The second-order valence-corrected chi connectivity index (χ2v) is 5.26. The predicted octanol–water partition coefficient (Wildman–Crippen LogP) is 2.63. The van der Waals surface area contributed by atoms with E-state index in [2.05, 4.69) is 6.07 Å². The van der Waals surface area contributed by atoms with E-state index in [0.717, 1.165) is 0 Å². The van der Waals surface area contributed by atoms with Gasteiger partial charge in [0.2, 0.25) is 5.90 Å². The van der Waals surface area contributed by atoms with E-state index in [1.807, 2.05) is 0 Å². The minimum atomic E-state index is -0.840. The SMILES string of the molecule is N#CC1C(=N)OC2=C(C(=O)CCC2)C1c1cccc(O)c1. The van der Waals surface area contributed by atoms with Gasteiger partial charge in [0.1, 0.15) is 17.4 Å². The molecule has 21 heavy (non-hydrogen) atoms. The summed E-state index contributed by atoms with van der Waals surface area (Å²) < 4.78 is 5.40. The van der Waals surface area contributed by atoms with Crippen LogP contribution in [-0.2, 0) is 9.53 Å². The third kappa shape index (κ3) is 2.19. The molecule has 0 bridgehead atoms. The van der Waals surface area contributed by atoms with Crippen LogP contribution in [-0.4, -0.2) is 16.8 Å². The highest BCUT2D eigenvalue weighted by Crippen LogP contribution is 2.43. The van der Waals surface area contributed by atoms with Crippen LogP contribution >= 0.6 is 0 Å². The third-order valence-electron chi connectivity index (χ3n) is 3.94. The van der Waals surface area contributed by atoms with Gasteiger partial charge in [0, 0.05) is 24.3 Å². The van der Waals surface area contributed by atoms with Crippen LogP contribution in [0.1, 0.15) is 30.7 Å². The van der Waals surface area contributed by atoms with E-state index < -0.39 is 11.8 Å². The minimum absolute atomic E-state index is 0.0302. The Kier molecular flexibility index (Phi) is 3.22. The zero-order chi connectivity index (χ0) is 15.0. The molecule has 5 heteroatoms. The lowest BCUT2D eigenvalue weighted by Crippen LogP contribution is -2.34. The first-order chi connectivity index (χ1) is 10.1. The molecule has 2 unspecified atom stereocenters. The van der Waals surface area contributed by atoms with Gasteiger partial charge in [-0.2, -0.15) is 5.26 Å². The van der Waals surface area contributed by atoms with Crippen LogP contribution < -0.4 is 0 Å². The number of rotatable bonds is 1. The summed E-state index contributed by atoms with van der Waals surface area (Å²) in [6, 6.07) is 8.57. The summed E-state index contributed by atoms with van der Waals surface area (Å²) in [6.07, 6.45) is 1.74. The predicted molar refractivity (Wildman–Crippen MR) is 74.6 cm³/mol. The molecule has 106 valence electrons. The fourth-order valence-electron chi connectivity index (χ4n) is 3.01. The number of aromatic hydroxyl groups is 1. The van der Waals surface area contributed by atoms with Gasteiger partial charge in [0.15, 0.2) is 5.78 Å². The lowest BCUT2D eigenvalue weighted by molar-refractivity contribution is -0.116. The molecule has 0 fully saturated rings. The van der Waals surface area contributed by atoms with Crippen molar-refractivity contribution in [2.24, 2.45) is 5.92 Å². The summed E-state index contributed by atoms with van der Waals surface area (Å²) in [7, 11) is 0. The van der Waals surface area contributed by atoms with Crippen LogP contribution in [0.3, 0.4) is 0 Å². The third-order valence-corrected chi connectivity index (χ3v) is 3.94. The van der Waals surface area contributed by atoms with Crippen molar-refractivity contribution in [3.63, 3.8) is 0 Å². The molecule has 1 aliphatic heterocycles. The van der Waals surface area contributed by atoms with Gasteiger partial charge in [0.05, 0.1) is 6.07 Å². The summed E-state index contributed by atoms with van der Waals surface area (Å²) in [6.45, 7) is 0. The average Bonchev–Trinajstić information content (AvgIpc) is 2.46. The number of ketones is 1. The molecule has 1 aromatic carbocycles. The fourth-order valence-corrected chi connectivity index (χ4v) is 3.01. The van der Waals surface area contributed by atoms with Crippen LogP contribution in [0.25, 0.3) is 0 Å². The second kappa shape index (κ2) is 5.06. The second-order valence-electron chi connectivity index (χ2n) is 5.26. The number of hydrogen-bond acceptors (Lipinski definition) is 5. The smallest absolute Gasteiger partial charge is 0.205 e. The number of ether oxygens (including phenoxy) is 1. The monoisotopic (exact) mass is 282 g/mol. The Morgan fingerprint density at radius 1 is 1.38 bits per heavy atom. The molecular weight excluding hydrogens is 268 g/mol. The Labute approximate surface area is 122 Å². The molecule has 0 aromatic heterocycles. The van der Waals surface area contributed by atoms with Crippen LogP contribution in [0.4, 0.5) is 0 Å². The number of nitriles is 1. The Bertz CT molecular complexity index is 700. The van der Waals surface area contributed by atoms with Crippen LogP contribution in [0.2, 0.25) is 0 Å². The van der Waals surface area contributed by atoms with Crippen molar-refractivity contribution in [3.05, 3.63) is 41.2 Å². The average molecular weight is 282 g/mol. The number of nitrogens with one attached hydrogen (secondary N) is 1. The number of nitrogens with zero attached hydrogens (tertiary/aromatic N) is 1. The molecule has 1 heterocycles. The maximum atomic E-state index is 12.3. The number of carbonyl (C=O) groups excluding carboxylic acids is 1. The van der Waals surface area contributed by atoms with Crippen molar-refractivity contribution in [1.82, 2.24) is 0 Å². The molecule has 0 radical (unpaired) electrons. The molecule has 1 aromatic rings. The lowest BCUT2D eigenvalue weighted by Gasteiger charge is -2.34. The Morgan fingerprint density at radius 3 is 2.90 bits per heavy atom. The van der Waals surface area contributed by atoms with Crippen molar-refractivity contribution in [1.29, 1.82) is 10.7 Å². The van der Waals surface area contributed by atoms with Crippen molar-refractivity contribution in [2.45, 2.75) is 25.2 Å². The van der Waals surface area contributed by atoms with Gasteiger partial charge in [-0.05, 0) is 24.1 Å². The molecule has 2 atom stereocenters. The van der Waals surface area contributed by atoms with Gasteiger partial charge < -0.3 is 9.84 Å². The first-order valence-corrected chi connectivity index (χ1v) is 6.83. The minimum Gasteiger partial charge on any atom is -0.508 e. The van der Waals surface area contributed by atoms with E-state index in [9.17, 15) is 15.2 Å². The van der Waals surface area contributed by atoms with Gasteiger partial charge in [0.25, 0.3) is 0 Å². The highest BCUT2D eigenvalue weighted by molar-refractivity contribution is 6.01. The van der Waals surface area contributed by atoms with E-state index in [1.54, 1.807) is 18.2 Å². The number of benzene rings is 1. The van der Waals surface area contributed by atoms with E-state index in [0.29, 0.717) is 36.2 Å². The first kappa shape index (κ1) is 13.4. The number of phenols is 1. The molecule has 0 amide bonds. The fraction of sp³-hybridized carbons (Fsp3) is 0.312. The first-order valence-electron chi connectivity index (χ1n) is 6.83. The van der Waals surface area contributed by atoms with Crippen molar-refractivity contribution in [3.8, 4) is 11.8 Å². The highest BCUT2D eigenvalue weighted by Gasteiger charge is 2.42. The molecule has 0 saturated carbocycles. The summed E-state index contributed by atoms with van der Waals surface area (Å²) in [5, 5.41) is 26.9. The number of phenolic OH excluding ortho intramolecular Hbond substituents is 1. The van der Waals surface area contributed by atoms with Crippen molar-refractivity contribution < 1.29 is 14.6 Å². The van der Waals surface area contributed by atoms with Crippen LogP contribution in [0.15, 0.2) is 35.6 Å². The molecule has 0 saturated heterocycles. The number of hydrogen-bond donors (Lipinski definition) is 2. The summed E-state index contributed by atoms with van der Waals surface area (Å²) in [5.41, 5.74) is 1.16.